The van der Waals surface area contributed by atoms with Crippen molar-refractivity contribution >= 4 is 5.82 Å². The first-order chi connectivity index (χ1) is 8.54. The molecule has 0 spiro atoms. The zero-order valence-corrected chi connectivity index (χ0v) is 10.3. The number of halogens is 1. The van der Waals surface area contributed by atoms with E-state index in [1.807, 2.05) is 6.92 Å². The van der Waals surface area contributed by atoms with Gasteiger partial charge in [0, 0.05) is 17.8 Å². The number of aryl methyl sites for hydroxylation is 2. The minimum atomic E-state index is -0.294. The lowest BCUT2D eigenvalue weighted by Gasteiger charge is -2.07. The van der Waals surface area contributed by atoms with Crippen LogP contribution in [0.15, 0.2) is 24.3 Å². The van der Waals surface area contributed by atoms with Gasteiger partial charge in [-0.25, -0.2) is 14.4 Å². The van der Waals surface area contributed by atoms with E-state index in [1.165, 1.54) is 6.07 Å². The minimum absolute atomic E-state index is 0.161. The van der Waals surface area contributed by atoms with E-state index < -0.39 is 0 Å². The highest BCUT2D eigenvalue weighted by Crippen LogP contribution is 2.16. The van der Waals surface area contributed by atoms with Gasteiger partial charge in [0.15, 0.2) is 5.82 Å². The van der Waals surface area contributed by atoms with E-state index in [1.54, 1.807) is 25.1 Å². The molecule has 0 saturated carbocycles. The summed E-state index contributed by atoms with van der Waals surface area (Å²) in [5.41, 5.74) is 6.96. The molecule has 2 aromatic rings. The maximum Gasteiger partial charge on any atom is 0.168 e. The molecule has 94 valence electrons. The summed E-state index contributed by atoms with van der Waals surface area (Å²) in [6.07, 6.45) is 0. The Morgan fingerprint density at radius 2 is 2.00 bits per heavy atom. The number of nitrogens with two attached hydrogens (primary N) is 1. The van der Waals surface area contributed by atoms with Gasteiger partial charge in [0.1, 0.15) is 24.0 Å². The summed E-state index contributed by atoms with van der Waals surface area (Å²) in [5.74, 6) is 1.03. The molecule has 0 atom stereocenters. The van der Waals surface area contributed by atoms with Crippen LogP contribution >= 0.6 is 0 Å². The zero-order chi connectivity index (χ0) is 13.1. The number of anilines is 1. The van der Waals surface area contributed by atoms with Gasteiger partial charge < -0.3 is 10.5 Å². The number of benzene rings is 1. The Kier molecular flexibility index (Phi) is 3.41. The van der Waals surface area contributed by atoms with E-state index in [2.05, 4.69) is 9.97 Å². The van der Waals surface area contributed by atoms with Crippen LogP contribution in [0, 0.1) is 19.7 Å². The standard InChI is InChI=1S/C13H14FN3O/c1-8-3-4-10(6-11(8)14)18-7-13-16-9(2)5-12(15)17-13/h3-6H,7H2,1-2H3,(H2,15,16,17). The molecule has 0 radical (unpaired) electrons. The molecule has 0 amide bonds. The first-order valence-corrected chi connectivity index (χ1v) is 5.53. The molecular formula is C13H14FN3O. The lowest BCUT2D eigenvalue weighted by molar-refractivity contribution is 0.294. The summed E-state index contributed by atoms with van der Waals surface area (Å²) in [7, 11) is 0. The van der Waals surface area contributed by atoms with Gasteiger partial charge in [-0.05, 0) is 25.5 Å². The van der Waals surface area contributed by atoms with E-state index in [9.17, 15) is 4.39 Å². The maximum atomic E-state index is 13.3. The second-order valence-electron chi connectivity index (χ2n) is 4.05. The predicted octanol–water partition coefficient (Wildman–Crippen LogP) is 2.39. The Labute approximate surface area is 105 Å². The zero-order valence-electron chi connectivity index (χ0n) is 10.3. The topological polar surface area (TPSA) is 61.0 Å². The molecule has 2 N–H and O–H groups in total. The van der Waals surface area contributed by atoms with E-state index in [0.717, 1.165) is 5.69 Å². The monoisotopic (exact) mass is 247 g/mol. The van der Waals surface area contributed by atoms with Crippen molar-refractivity contribution in [1.82, 2.24) is 9.97 Å². The van der Waals surface area contributed by atoms with Crippen LogP contribution in [-0.2, 0) is 6.61 Å². The first-order valence-electron chi connectivity index (χ1n) is 5.53. The predicted molar refractivity (Wildman–Crippen MR) is 66.7 cm³/mol. The number of aromatic nitrogens is 2. The Balaban J connectivity index is 2.08. The van der Waals surface area contributed by atoms with Crippen LogP contribution in [0.1, 0.15) is 17.1 Å². The fourth-order valence-electron chi connectivity index (χ4n) is 1.53. The van der Waals surface area contributed by atoms with Crippen LogP contribution in [0.2, 0.25) is 0 Å². The summed E-state index contributed by atoms with van der Waals surface area (Å²) in [6, 6.07) is 6.39. The van der Waals surface area contributed by atoms with E-state index in [0.29, 0.717) is 23.0 Å². The second-order valence-corrected chi connectivity index (χ2v) is 4.05. The largest absolute Gasteiger partial charge is 0.486 e. The van der Waals surface area contributed by atoms with Crippen molar-refractivity contribution in [2.45, 2.75) is 20.5 Å². The van der Waals surface area contributed by atoms with Crippen LogP contribution in [0.3, 0.4) is 0 Å². The third-order valence-electron chi connectivity index (χ3n) is 2.43. The van der Waals surface area contributed by atoms with Crippen molar-refractivity contribution in [3.63, 3.8) is 0 Å². The fourth-order valence-corrected chi connectivity index (χ4v) is 1.53. The third-order valence-corrected chi connectivity index (χ3v) is 2.43. The van der Waals surface area contributed by atoms with E-state index in [4.69, 9.17) is 10.5 Å². The number of nitrogen functional groups attached to an aromatic ring is 1. The highest BCUT2D eigenvalue weighted by atomic mass is 19.1. The molecule has 1 aromatic heterocycles. The summed E-state index contributed by atoms with van der Waals surface area (Å²) in [4.78, 5) is 8.22. The van der Waals surface area contributed by atoms with Crippen LogP contribution in [0.5, 0.6) is 5.75 Å². The van der Waals surface area contributed by atoms with Gasteiger partial charge >= 0.3 is 0 Å². The van der Waals surface area contributed by atoms with Gasteiger partial charge in [-0.2, -0.15) is 0 Å². The Morgan fingerprint density at radius 3 is 2.67 bits per heavy atom. The van der Waals surface area contributed by atoms with Gasteiger partial charge in [0.25, 0.3) is 0 Å². The fraction of sp³-hybridized carbons (Fsp3) is 0.231. The Hall–Kier alpha value is -2.17. The smallest absolute Gasteiger partial charge is 0.168 e. The molecule has 1 aromatic carbocycles. The lowest BCUT2D eigenvalue weighted by Crippen LogP contribution is -2.05. The van der Waals surface area contributed by atoms with Gasteiger partial charge in [0.05, 0.1) is 0 Å². The molecular weight excluding hydrogens is 233 g/mol. The number of nitrogens with zero attached hydrogens (tertiary/aromatic N) is 2. The van der Waals surface area contributed by atoms with Crippen molar-refractivity contribution in [2.75, 3.05) is 5.73 Å². The van der Waals surface area contributed by atoms with E-state index >= 15 is 0 Å². The van der Waals surface area contributed by atoms with Crippen molar-refractivity contribution in [3.05, 3.63) is 47.2 Å². The summed E-state index contributed by atoms with van der Waals surface area (Å²) in [5, 5.41) is 0. The van der Waals surface area contributed by atoms with Gasteiger partial charge in [-0.3, -0.25) is 0 Å². The normalized spacial score (nSPS) is 10.4. The molecule has 0 unspecified atom stereocenters. The van der Waals surface area contributed by atoms with Crippen LogP contribution in [-0.4, -0.2) is 9.97 Å². The average molecular weight is 247 g/mol. The highest BCUT2D eigenvalue weighted by molar-refractivity contribution is 5.30. The Bertz CT molecular complexity index is 552. The first kappa shape index (κ1) is 12.3. The van der Waals surface area contributed by atoms with Crippen LogP contribution in [0.4, 0.5) is 10.2 Å². The molecule has 5 heteroatoms. The molecule has 0 bridgehead atoms. The lowest BCUT2D eigenvalue weighted by atomic mass is 10.2. The van der Waals surface area contributed by atoms with E-state index in [-0.39, 0.29) is 12.4 Å². The molecule has 4 nitrogen and oxygen atoms in total. The molecule has 0 fully saturated rings. The molecule has 0 aliphatic rings. The van der Waals surface area contributed by atoms with Crippen LogP contribution in [0.25, 0.3) is 0 Å². The molecule has 0 aliphatic heterocycles. The van der Waals surface area contributed by atoms with Gasteiger partial charge in [-0.15, -0.1) is 0 Å². The van der Waals surface area contributed by atoms with Gasteiger partial charge in [-0.1, -0.05) is 6.07 Å². The summed E-state index contributed by atoms with van der Waals surface area (Å²) < 4.78 is 18.7. The molecule has 0 saturated heterocycles. The summed E-state index contributed by atoms with van der Waals surface area (Å²) in [6.45, 7) is 3.69. The molecule has 0 aliphatic carbocycles. The average Bonchev–Trinajstić information content (AvgIpc) is 2.29. The number of ether oxygens (including phenoxy) is 1. The van der Waals surface area contributed by atoms with Crippen molar-refractivity contribution in [1.29, 1.82) is 0 Å². The van der Waals surface area contributed by atoms with Crippen molar-refractivity contribution in [2.24, 2.45) is 0 Å². The molecule has 18 heavy (non-hydrogen) atoms. The Morgan fingerprint density at radius 1 is 1.22 bits per heavy atom. The third kappa shape index (κ3) is 2.94. The van der Waals surface area contributed by atoms with Gasteiger partial charge in [0.2, 0.25) is 0 Å². The van der Waals surface area contributed by atoms with Crippen molar-refractivity contribution in [3.8, 4) is 5.75 Å². The SMILES string of the molecule is Cc1cc(N)nc(COc2ccc(C)c(F)c2)n1. The van der Waals surface area contributed by atoms with Crippen molar-refractivity contribution < 1.29 is 9.13 Å². The number of hydrogen-bond donors (Lipinski definition) is 1. The molecule has 2 rings (SSSR count). The highest BCUT2D eigenvalue weighted by Gasteiger charge is 2.03. The van der Waals surface area contributed by atoms with Crippen LogP contribution < -0.4 is 10.5 Å². The molecule has 1 heterocycles. The number of rotatable bonds is 3. The quantitative estimate of drug-likeness (QED) is 0.904. The number of hydrogen-bond acceptors (Lipinski definition) is 4. The maximum absolute atomic E-state index is 13.3. The summed E-state index contributed by atoms with van der Waals surface area (Å²) >= 11 is 0. The minimum Gasteiger partial charge on any atom is -0.486 e. The second kappa shape index (κ2) is 5.00.